The number of aldehydes is 1. The summed E-state index contributed by atoms with van der Waals surface area (Å²) in [6.45, 7) is 5.55. The predicted octanol–water partition coefficient (Wildman–Crippen LogP) is 2.93. The Balaban J connectivity index is 3.27. The summed E-state index contributed by atoms with van der Waals surface area (Å²) in [5, 5.41) is 0. The predicted molar refractivity (Wildman–Crippen MR) is 56.2 cm³/mol. The zero-order chi connectivity index (χ0) is 9.68. The molecule has 0 aliphatic carbocycles. The summed E-state index contributed by atoms with van der Waals surface area (Å²) in [7, 11) is 0. The van der Waals surface area contributed by atoms with Crippen LogP contribution in [0.4, 0.5) is 0 Å². The standard InChI is InChI=1S/C12H12O/c1-3-10-7-5-6-8-12(10)11(4-2)9-13/h3-9H,1H2,2H3/b11-4-. The van der Waals surface area contributed by atoms with Gasteiger partial charge in [0, 0.05) is 5.57 Å². The van der Waals surface area contributed by atoms with E-state index in [9.17, 15) is 4.79 Å². The number of benzene rings is 1. The largest absolute Gasteiger partial charge is 0.298 e. The molecule has 0 fully saturated rings. The normalized spacial score (nSPS) is 11.0. The van der Waals surface area contributed by atoms with E-state index >= 15 is 0 Å². The highest BCUT2D eigenvalue weighted by Crippen LogP contribution is 2.18. The van der Waals surface area contributed by atoms with Crippen LogP contribution in [0.15, 0.2) is 36.9 Å². The second-order valence-electron chi connectivity index (χ2n) is 2.65. The van der Waals surface area contributed by atoms with E-state index < -0.39 is 0 Å². The number of hydrogen-bond donors (Lipinski definition) is 0. The minimum atomic E-state index is 0.704. The summed E-state index contributed by atoms with van der Waals surface area (Å²) in [5.74, 6) is 0. The molecular weight excluding hydrogens is 160 g/mol. The van der Waals surface area contributed by atoms with Gasteiger partial charge in [-0.05, 0) is 18.1 Å². The highest BCUT2D eigenvalue weighted by atomic mass is 16.1. The molecule has 0 spiro atoms. The first kappa shape index (κ1) is 9.46. The summed E-state index contributed by atoms with van der Waals surface area (Å²) < 4.78 is 0. The molecule has 0 amide bonds. The van der Waals surface area contributed by atoms with Crippen molar-refractivity contribution in [3.05, 3.63) is 48.0 Å². The van der Waals surface area contributed by atoms with Gasteiger partial charge in [-0.1, -0.05) is 43.0 Å². The van der Waals surface area contributed by atoms with Gasteiger partial charge in [0.25, 0.3) is 0 Å². The van der Waals surface area contributed by atoms with Gasteiger partial charge in [-0.15, -0.1) is 0 Å². The Labute approximate surface area is 78.4 Å². The van der Waals surface area contributed by atoms with E-state index in [1.807, 2.05) is 31.2 Å². The molecule has 1 aromatic carbocycles. The Morgan fingerprint density at radius 2 is 2.08 bits per heavy atom. The summed E-state index contributed by atoms with van der Waals surface area (Å²) >= 11 is 0. The van der Waals surface area contributed by atoms with Gasteiger partial charge in [-0.3, -0.25) is 4.79 Å². The van der Waals surface area contributed by atoms with Gasteiger partial charge >= 0.3 is 0 Å². The SMILES string of the molecule is C=Cc1ccccc1/C(C=O)=C\C. The number of rotatable bonds is 3. The van der Waals surface area contributed by atoms with Gasteiger partial charge in [0.1, 0.15) is 6.29 Å². The molecule has 0 radical (unpaired) electrons. The lowest BCUT2D eigenvalue weighted by molar-refractivity contribution is -0.103. The monoisotopic (exact) mass is 172 g/mol. The van der Waals surface area contributed by atoms with E-state index in [4.69, 9.17) is 0 Å². The molecule has 0 bridgehead atoms. The lowest BCUT2D eigenvalue weighted by Crippen LogP contribution is -1.88. The maximum absolute atomic E-state index is 10.7. The Morgan fingerprint density at radius 3 is 2.62 bits per heavy atom. The van der Waals surface area contributed by atoms with Gasteiger partial charge in [-0.2, -0.15) is 0 Å². The molecule has 0 N–H and O–H groups in total. The van der Waals surface area contributed by atoms with Crippen molar-refractivity contribution in [2.75, 3.05) is 0 Å². The molecule has 0 heterocycles. The molecule has 1 aromatic rings. The molecular formula is C12H12O. The van der Waals surface area contributed by atoms with E-state index in [0.29, 0.717) is 5.57 Å². The van der Waals surface area contributed by atoms with E-state index in [1.54, 1.807) is 12.2 Å². The fraction of sp³-hybridized carbons (Fsp3) is 0.0833. The van der Waals surface area contributed by atoms with E-state index in [-0.39, 0.29) is 0 Å². The van der Waals surface area contributed by atoms with Crippen LogP contribution in [0.2, 0.25) is 0 Å². The van der Waals surface area contributed by atoms with Crippen molar-refractivity contribution in [3.63, 3.8) is 0 Å². The third-order valence-corrected chi connectivity index (χ3v) is 1.93. The number of allylic oxidation sites excluding steroid dienone is 2. The van der Waals surface area contributed by atoms with Crippen molar-refractivity contribution in [2.24, 2.45) is 0 Å². The van der Waals surface area contributed by atoms with Crippen LogP contribution in [-0.2, 0) is 4.79 Å². The third kappa shape index (κ3) is 1.94. The first-order valence-corrected chi connectivity index (χ1v) is 4.16. The lowest BCUT2D eigenvalue weighted by atomic mass is 10.0. The van der Waals surface area contributed by atoms with Crippen molar-refractivity contribution >= 4 is 17.9 Å². The van der Waals surface area contributed by atoms with Gasteiger partial charge < -0.3 is 0 Å². The Bertz CT molecular complexity index is 348. The molecule has 0 saturated heterocycles. The maximum atomic E-state index is 10.7. The summed E-state index contributed by atoms with van der Waals surface area (Å²) in [6, 6.07) is 7.70. The van der Waals surface area contributed by atoms with Crippen LogP contribution in [0.25, 0.3) is 11.6 Å². The average molecular weight is 172 g/mol. The smallest absolute Gasteiger partial charge is 0.150 e. The minimum Gasteiger partial charge on any atom is -0.298 e. The van der Waals surface area contributed by atoms with Crippen LogP contribution in [0, 0.1) is 0 Å². The zero-order valence-corrected chi connectivity index (χ0v) is 7.66. The van der Waals surface area contributed by atoms with Crippen molar-refractivity contribution in [3.8, 4) is 0 Å². The molecule has 0 saturated carbocycles. The zero-order valence-electron chi connectivity index (χ0n) is 7.66. The Kier molecular flexibility index (Phi) is 3.21. The van der Waals surface area contributed by atoms with Crippen molar-refractivity contribution < 1.29 is 4.79 Å². The van der Waals surface area contributed by atoms with Crippen molar-refractivity contribution in [1.29, 1.82) is 0 Å². The van der Waals surface area contributed by atoms with Crippen LogP contribution >= 0.6 is 0 Å². The third-order valence-electron chi connectivity index (χ3n) is 1.93. The molecule has 66 valence electrons. The highest BCUT2D eigenvalue weighted by Gasteiger charge is 2.01. The molecule has 0 aliphatic rings. The Morgan fingerprint density at radius 1 is 1.38 bits per heavy atom. The summed E-state index contributed by atoms with van der Waals surface area (Å²) in [6.07, 6.45) is 4.42. The average Bonchev–Trinajstić information content (AvgIpc) is 2.20. The van der Waals surface area contributed by atoms with E-state index in [0.717, 1.165) is 17.4 Å². The van der Waals surface area contributed by atoms with Gasteiger partial charge in [0.15, 0.2) is 0 Å². The highest BCUT2D eigenvalue weighted by molar-refractivity contribution is 6.08. The molecule has 0 atom stereocenters. The van der Waals surface area contributed by atoms with Crippen LogP contribution < -0.4 is 0 Å². The van der Waals surface area contributed by atoms with E-state index in [1.165, 1.54) is 0 Å². The van der Waals surface area contributed by atoms with Gasteiger partial charge in [-0.25, -0.2) is 0 Å². The minimum absolute atomic E-state index is 0.704. The van der Waals surface area contributed by atoms with Crippen LogP contribution in [0.1, 0.15) is 18.1 Å². The first-order chi connectivity index (χ1) is 6.33. The maximum Gasteiger partial charge on any atom is 0.150 e. The lowest BCUT2D eigenvalue weighted by Gasteiger charge is -2.03. The first-order valence-electron chi connectivity index (χ1n) is 4.16. The van der Waals surface area contributed by atoms with E-state index in [2.05, 4.69) is 6.58 Å². The summed E-state index contributed by atoms with van der Waals surface area (Å²) in [5.41, 5.74) is 2.63. The Hall–Kier alpha value is -1.63. The fourth-order valence-electron chi connectivity index (χ4n) is 1.22. The van der Waals surface area contributed by atoms with Crippen LogP contribution in [-0.4, -0.2) is 6.29 Å². The second-order valence-corrected chi connectivity index (χ2v) is 2.65. The number of carbonyl (C=O) groups excluding carboxylic acids is 1. The number of carbonyl (C=O) groups is 1. The molecule has 1 heteroatoms. The molecule has 1 rings (SSSR count). The molecule has 0 aliphatic heterocycles. The molecule has 0 aromatic heterocycles. The van der Waals surface area contributed by atoms with Crippen LogP contribution in [0.3, 0.4) is 0 Å². The molecule has 0 unspecified atom stereocenters. The van der Waals surface area contributed by atoms with Gasteiger partial charge in [0.05, 0.1) is 0 Å². The molecule has 13 heavy (non-hydrogen) atoms. The van der Waals surface area contributed by atoms with Crippen molar-refractivity contribution in [2.45, 2.75) is 6.92 Å². The quantitative estimate of drug-likeness (QED) is 0.506. The molecule has 1 nitrogen and oxygen atoms in total. The van der Waals surface area contributed by atoms with Gasteiger partial charge in [0.2, 0.25) is 0 Å². The van der Waals surface area contributed by atoms with Crippen LogP contribution in [0.5, 0.6) is 0 Å². The fourth-order valence-corrected chi connectivity index (χ4v) is 1.22. The second kappa shape index (κ2) is 4.41. The van der Waals surface area contributed by atoms with Crippen molar-refractivity contribution in [1.82, 2.24) is 0 Å². The summed E-state index contributed by atoms with van der Waals surface area (Å²) in [4.78, 5) is 10.7. The number of hydrogen-bond acceptors (Lipinski definition) is 1. The topological polar surface area (TPSA) is 17.1 Å².